The van der Waals surface area contributed by atoms with E-state index < -0.39 is 40.2 Å². The van der Waals surface area contributed by atoms with Gasteiger partial charge in [-0.1, -0.05) is 40.7 Å². The van der Waals surface area contributed by atoms with Crippen molar-refractivity contribution in [1.29, 1.82) is 0 Å². The molecule has 6 rings (SSSR count). The first-order valence-corrected chi connectivity index (χ1v) is 12.7. The Morgan fingerprint density at radius 3 is 2.49 bits per heavy atom. The first-order valence-electron chi connectivity index (χ1n) is 12.7. The SMILES string of the molecule is CC(=O)O[C@@H]1C[C@H]2C(C)(C)C(=O)C=C[C@]2(C)[C@H]2CC[C@@]3(C)C(c4ccoc4)OC(=O)[C@H]4O[C@]43[C@@]21C. The summed E-state index contributed by atoms with van der Waals surface area (Å²) in [5.74, 6) is -0.603. The van der Waals surface area contributed by atoms with Gasteiger partial charge in [-0.05, 0) is 48.7 Å². The quantitative estimate of drug-likeness (QED) is 0.450. The Balaban J connectivity index is 1.55. The number of epoxide rings is 1. The van der Waals surface area contributed by atoms with Gasteiger partial charge in [0, 0.05) is 28.7 Å². The number of hydrogen-bond donors (Lipinski definition) is 0. The van der Waals surface area contributed by atoms with Gasteiger partial charge in [0.25, 0.3) is 0 Å². The highest BCUT2D eigenvalue weighted by Gasteiger charge is 2.88. The topological polar surface area (TPSA) is 95.3 Å². The molecule has 2 saturated heterocycles. The summed E-state index contributed by atoms with van der Waals surface area (Å²) in [5, 5.41) is 0. The molecule has 7 nitrogen and oxygen atoms in total. The fourth-order valence-corrected chi connectivity index (χ4v) is 9.20. The lowest BCUT2D eigenvalue weighted by Gasteiger charge is -2.68. The fourth-order valence-electron chi connectivity index (χ4n) is 9.20. The Hall–Kier alpha value is -2.41. The van der Waals surface area contributed by atoms with Gasteiger partial charge in [0.2, 0.25) is 0 Å². The predicted molar refractivity (Wildman–Crippen MR) is 124 cm³/mol. The maximum absolute atomic E-state index is 13.2. The van der Waals surface area contributed by atoms with E-state index in [1.165, 1.54) is 6.92 Å². The van der Waals surface area contributed by atoms with Gasteiger partial charge < -0.3 is 18.6 Å². The molecule has 4 fully saturated rings. The van der Waals surface area contributed by atoms with E-state index in [1.807, 2.05) is 19.9 Å². The van der Waals surface area contributed by atoms with Gasteiger partial charge in [0.1, 0.15) is 17.8 Å². The third kappa shape index (κ3) is 2.48. The van der Waals surface area contributed by atoms with Crippen molar-refractivity contribution < 1.29 is 33.0 Å². The van der Waals surface area contributed by atoms with Gasteiger partial charge in [0.05, 0.1) is 12.5 Å². The highest BCUT2D eigenvalue weighted by atomic mass is 16.7. The second kappa shape index (κ2) is 6.67. The van der Waals surface area contributed by atoms with Gasteiger partial charge in [-0.3, -0.25) is 9.59 Å². The van der Waals surface area contributed by atoms with Crippen LogP contribution in [0.25, 0.3) is 0 Å². The Kier molecular flexibility index (Phi) is 4.38. The average Bonchev–Trinajstić information content (AvgIpc) is 3.35. The zero-order chi connectivity index (χ0) is 25.2. The van der Waals surface area contributed by atoms with Crippen LogP contribution in [0, 0.1) is 33.5 Å². The van der Waals surface area contributed by atoms with E-state index in [4.69, 9.17) is 18.6 Å². The molecule has 0 amide bonds. The first-order chi connectivity index (χ1) is 16.3. The van der Waals surface area contributed by atoms with Crippen molar-refractivity contribution in [3.63, 3.8) is 0 Å². The van der Waals surface area contributed by atoms with Gasteiger partial charge in [0.15, 0.2) is 11.9 Å². The third-order valence-corrected chi connectivity index (χ3v) is 10.8. The van der Waals surface area contributed by atoms with E-state index in [1.54, 1.807) is 18.6 Å². The van der Waals surface area contributed by atoms with Crippen LogP contribution in [0.15, 0.2) is 35.2 Å². The number of fused-ring (bicyclic) bond motifs is 3. The Morgan fingerprint density at radius 1 is 1.09 bits per heavy atom. The molecule has 3 aliphatic carbocycles. The van der Waals surface area contributed by atoms with Gasteiger partial charge >= 0.3 is 11.9 Å². The molecule has 35 heavy (non-hydrogen) atoms. The second-order valence-corrected chi connectivity index (χ2v) is 12.6. The first kappa shape index (κ1) is 23.0. The molecule has 3 heterocycles. The number of ketones is 1. The minimum absolute atomic E-state index is 0.00639. The molecule has 1 aromatic rings. The molecule has 5 aliphatic rings. The van der Waals surface area contributed by atoms with E-state index in [9.17, 15) is 14.4 Å². The summed E-state index contributed by atoms with van der Waals surface area (Å²) in [4.78, 5) is 38.6. The molecule has 7 heteroatoms. The van der Waals surface area contributed by atoms with E-state index in [-0.39, 0.29) is 35.0 Å². The lowest BCUT2D eigenvalue weighted by molar-refractivity contribution is -0.251. The number of ether oxygens (including phenoxy) is 3. The third-order valence-electron chi connectivity index (χ3n) is 10.8. The molecule has 1 unspecified atom stereocenters. The van der Waals surface area contributed by atoms with Gasteiger partial charge in [-0.15, -0.1) is 0 Å². The molecule has 188 valence electrons. The van der Waals surface area contributed by atoms with E-state index >= 15 is 0 Å². The summed E-state index contributed by atoms with van der Waals surface area (Å²) in [6.45, 7) is 12.0. The van der Waals surface area contributed by atoms with Crippen molar-refractivity contribution in [2.75, 3.05) is 0 Å². The largest absolute Gasteiger partial charge is 0.472 e. The fraction of sp³-hybridized carbons (Fsp3) is 0.679. The standard InChI is InChI=1S/C28H34O7/c1-15(29)33-20-13-18-24(2,3)19(30)8-10-25(18,4)17-7-11-26(5)21(16-9-12-32-14-16)34-23(31)22-28(26,35-22)27(17,20)6/h8-10,12,14,17-18,20-22H,7,11,13H2,1-6H3/t17-,18+,20-,21?,22-,25-,26+,27+,28-/m1/s1. The van der Waals surface area contributed by atoms with Crippen LogP contribution in [0.3, 0.4) is 0 Å². The number of hydrogen-bond acceptors (Lipinski definition) is 7. The van der Waals surface area contributed by atoms with Crippen LogP contribution in [0.4, 0.5) is 0 Å². The van der Waals surface area contributed by atoms with E-state index in [2.05, 4.69) is 26.8 Å². The summed E-state index contributed by atoms with van der Waals surface area (Å²) in [7, 11) is 0. The lowest BCUT2D eigenvalue weighted by Crippen LogP contribution is -2.72. The molecule has 9 atom stereocenters. The smallest absolute Gasteiger partial charge is 0.339 e. The zero-order valence-corrected chi connectivity index (χ0v) is 21.3. The molecule has 1 aromatic heterocycles. The van der Waals surface area contributed by atoms with Crippen molar-refractivity contribution >= 4 is 17.7 Å². The minimum atomic E-state index is -0.853. The van der Waals surface area contributed by atoms with Gasteiger partial charge in [-0.25, -0.2) is 4.79 Å². The number of esters is 2. The summed E-state index contributed by atoms with van der Waals surface area (Å²) >= 11 is 0. The lowest BCUT2D eigenvalue weighted by atomic mass is 9.35. The Labute approximate surface area is 205 Å². The number of furan rings is 1. The molecule has 0 N–H and O–H groups in total. The van der Waals surface area contributed by atoms with E-state index in [0.29, 0.717) is 6.42 Å². The van der Waals surface area contributed by atoms with Crippen molar-refractivity contribution in [3.05, 3.63) is 36.3 Å². The van der Waals surface area contributed by atoms with Crippen LogP contribution < -0.4 is 0 Å². The maximum atomic E-state index is 13.2. The number of cyclic esters (lactones) is 1. The molecule has 0 aromatic carbocycles. The highest BCUT2D eigenvalue weighted by molar-refractivity contribution is 5.95. The number of rotatable bonds is 2. The number of allylic oxidation sites excluding steroid dienone is 2. The Morgan fingerprint density at radius 2 is 1.83 bits per heavy atom. The summed E-state index contributed by atoms with van der Waals surface area (Å²) in [5.41, 5.74) is -2.15. The number of carbonyl (C=O) groups excluding carboxylic acids is 3. The Bertz CT molecular complexity index is 1150. The molecular weight excluding hydrogens is 448 g/mol. The normalized spacial score (nSPS) is 49.1. The minimum Gasteiger partial charge on any atom is -0.472 e. The number of carbonyl (C=O) groups is 3. The molecule has 2 saturated carbocycles. The van der Waals surface area contributed by atoms with Crippen LogP contribution in [0.2, 0.25) is 0 Å². The van der Waals surface area contributed by atoms with Crippen LogP contribution >= 0.6 is 0 Å². The van der Waals surface area contributed by atoms with Crippen molar-refractivity contribution in [2.45, 2.75) is 84.7 Å². The predicted octanol–water partition coefficient (Wildman–Crippen LogP) is 4.56. The van der Waals surface area contributed by atoms with Crippen LogP contribution in [0.5, 0.6) is 0 Å². The summed E-state index contributed by atoms with van der Waals surface area (Å²) in [6.07, 6.45) is 7.46. The molecule has 0 radical (unpaired) electrons. The monoisotopic (exact) mass is 482 g/mol. The summed E-state index contributed by atoms with van der Waals surface area (Å²) < 4.78 is 24.0. The van der Waals surface area contributed by atoms with Crippen molar-refractivity contribution in [3.8, 4) is 0 Å². The second-order valence-electron chi connectivity index (χ2n) is 12.6. The average molecular weight is 483 g/mol. The summed E-state index contributed by atoms with van der Waals surface area (Å²) in [6, 6.07) is 1.84. The zero-order valence-electron chi connectivity index (χ0n) is 21.3. The molecule has 2 aliphatic heterocycles. The highest BCUT2D eigenvalue weighted by Crippen LogP contribution is 2.79. The molecule has 1 spiro atoms. The molecule has 0 bridgehead atoms. The van der Waals surface area contributed by atoms with Crippen molar-refractivity contribution in [2.24, 2.45) is 33.5 Å². The van der Waals surface area contributed by atoms with E-state index in [0.717, 1.165) is 18.4 Å². The maximum Gasteiger partial charge on any atom is 0.339 e. The van der Waals surface area contributed by atoms with Gasteiger partial charge in [-0.2, -0.15) is 0 Å². The van der Waals surface area contributed by atoms with Crippen LogP contribution in [-0.2, 0) is 28.6 Å². The molecular formula is C28H34O7. The van der Waals surface area contributed by atoms with Crippen LogP contribution in [0.1, 0.15) is 72.5 Å². The van der Waals surface area contributed by atoms with Crippen molar-refractivity contribution in [1.82, 2.24) is 0 Å². The van der Waals surface area contributed by atoms with Crippen LogP contribution in [-0.4, -0.2) is 35.5 Å².